The van der Waals surface area contributed by atoms with Crippen LogP contribution in [0.15, 0.2) is 18.3 Å². The molecule has 1 fully saturated rings. The van der Waals surface area contributed by atoms with E-state index in [4.69, 9.17) is 23.2 Å². The molecule has 0 bridgehead atoms. The minimum atomic E-state index is 0.233. The molecule has 1 aromatic heterocycles. The van der Waals surface area contributed by atoms with Gasteiger partial charge in [0.1, 0.15) is 5.82 Å². The molecule has 16 heavy (non-hydrogen) atoms. The lowest BCUT2D eigenvalue weighted by Gasteiger charge is -2.35. The molecule has 4 heteroatoms. The molecule has 0 spiro atoms. The van der Waals surface area contributed by atoms with Crippen molar-refractivity contribution in [1.82, 2.24) is 4.98 Å². The molecule has 0 saturated heterocycles. The van der Waals surface area contributed by atoms with Crippen LogP contribution in [0.4, 0.5) is 5.82 Å². The van der Waals surface area contributed by atoms with Crippen molar-refractivity contribution in [3.8, 4) is 0 Å². The number of hydrogen-bond donors (Lipinski definition) is 0. The van der Waals surface area contributed by atoms with Crippen molar-refractivity contribution in [3.05, 3.63) is 23.4 Å². The SMILES string of the molecule is CN(c1ccc(Cl)cn1)C1CCCCC1Cl. The van der Waals surface area contributed by atoms with Crippen LogP contribution in [0.1, 0.15) is 25.7 Å². The molecule has 0 aliphatic heterocycles. The summed E-state index contributed by atoms with van der Waals surface area (Å²) in [5.74, 6) is 0.946. The van der Waals surface area contributed by atoms with Crippen LogP contribution in [0.5, 0.6) is 0 Å². The van der Waals surface area contributed by atoms with Crippen LogP contribution in [-0.2, 0) is 0 Å². The molecule has 2 nitrogen and oxygen atoms in total. The third kappa shape index (κ3) is 2.61. The summed E-state index contributed by atoms with van der Waals surface area (Å²) in [5.41, 5.74) is 0. The molecule has 1 heterocycles. The molecule has 2 unspecified atom stereocenters. The maximum absolute atomic E-state index is 6.36. The number of hydrogen-bond acceptors (Lipinski definition) is 2. The molecule has 1 saturated carbocycles. The Bertz CT molecular complexity index is 339. The Morgan fingerprint density at radius 3 is 2.69 bits per heavy atom. The van der Waals surface area contributed by atoms with Gasteiger partial charge in [-0.15, -0.1) is 11.6 Å². The average Bonchev–Trinajstić information content (AvgIpc) is 2.30. The summed E-state index contributed by atoms with van der Waals surface area (Å²) < 4.78 is 0. The summed E-state index contributed by atoms with van der Waals surface area (Å²) in [5, 5.41) is 0.902. The second kappa shape index (κ2) is 5.24. The first-order chi connectivity index (χ1) is 7.68. The summed E-state index contributed by atoms with van der Waals surface area (Å²) in [6, 6.07) is 4.21. The Labute approximate surface area is 107 Å². The van der Waals surface area contributed by atoms with Gasteiger partial charge in [0.15, 0.2) is 0 Å². The topological polar surface area (TPSA) is 16.1 Å². The first kappa shape index (κ1) is 12.0. The smallest absolute Gasteiger partial charge is 0.128 e. The number of halogens is 2. The zero-order valence-corrected chi connectivity index (χ0v) is 10.9. The van der Waals surface area contributed by atoms with Crippen molar-refractivity contribution in [1.29, 1.82) is 0 Å². The van der Waals surface area contributed by atoms with E-state index in [1.165, 1.54) is 12.8 Å². The first-order valence-electron chi connectivity index (χ1n) is 5.67. The van der Waals surface area contributed by atoms with E-state index >= 15 is 0 Å². The maximum atomic E-state index is 6.36. The van der Waals surface area contributed by atoms with Gasteiger partial charge >= 0.3 is 0 Å². The monoisotopic (exact) mass is 258 g/mol. The Hall–Kier alpha value is -0.470. The summed E-state index contributed by atoms with van der Waals surface area (Å²) in [7, 11) is 2.06. The van der Waals surface area contributed by atoms with Crippen LogP contribution in [0.2, 0.25) is 5.02 Å². The van der Waals surface area contributed by atoms with Crippen molar-refractivity contribution in [2.45, 2.75) is 37.1 Å². The van der Waals surface area contributed by atoms with Crippen molar-refractivity contribution >= 4 is 29.0 Å². The molecule has 2 atom stereocenters. The molecule has 1 aliphatic carbocycles. The van der Waals surface area contributed by atoms with Crippen LogP contribution in [0, 0.1) is 0 Å². The Kier molecular flexibility index (Phi) is 3.93. The second-order valence-corrected chi connectivity index (χ2v) is 5.31. The fraction of sp³-hybridized carbons (Fsp3) is 0.583. The first-order valence-corrected chi connectivity index (χ1v) is 6.48. The third-order valence-corrected chi connectivity index (χ3v) is 3.95. The highest BCUT2D eigenvalue weighted by molar-refractivity contribution is 6.30. The van der Waals surface area contributed by atoms with E-state index in [1.54, 1.807) is 6.20 Å². The van der Waals surface area contributed by atoms with Crippen LogP contribution < -0.4 is 4.90 Å². The van der Waals surface area contributed by atoms with E-state index in [0.29, 0.717) is 11.1 Å². The van der Waals surface area contributed by atoms with Crippen LogP contribution in [0.3, 0.4) is 0 Å². The number of aromatic nitrogens is 1. The van der Waals surface area contributed by atoms with E-state index in [1.807, 2.05) is 12.1 Å². The zero-order chi connectivity index (χ0) is 11.5. The molecule has 88 valence electrons. The lowest BCUT2D eigenvalue weighted by molar-refractivity contribution is 0.432. The van der Waals surface area contributed by atoms with Gasteiger partial charge in [0.05, 0.1) is 10.4 Å². The van der Waals surface area contributed by atoms with Gasteiger partial charge in [-0.1, -0.05) is 24.4 Å². The van der Waals surface area contributed by atoms with Gasteiger partial charge in [-0.05, 0) is 25.0 Å². The fourth-order valence-electron chi connectivity index (χ4n) is 2.25. The minimum absolute atomic E-state index is 0.233. The predicted molar refractivity (Wildman–Crippen MR) is 69.5 cm³/mol. The van der Waals surface area contributed by atoms with E-state index in [2.05, 4.69) is 16.9 Å². The van der Waals surface area contributed by atoms with Crippen molar-refractivity contribution < 1.29 is 0 Å². The molecule has 0 N–H and O–H groups in total. The minimum Gasteiger partial charge on any atom is -0.355 e. The second-order valence-electron chi connectivity index (χ2n) is 4.31. The Morgan fingerprint density at radius 1 is 1.31 bits per heavy atom. The van der Waals surface area contributed by atoms with Gasteiger partial charge in [-0.2, -0.15) is 0 Å². The molecule has 1 aromatic rings. The van der Waals surface area contributed by atoms with E-state index in [0.717, 1.165) is 18.7 Å². The van der Waals surface area contributed by atoms with Gasteiger partial charge in [0.25, 0.3) is 0 Å². The lowest BCUT2D eigenvalue weighted by atomic mass is 9.94. The largest absolute Gasteiger partial charge is 0.355 e. The molecular formula is C12H16Cl2N2. The normalized spacial score (nSPS) is 25.4. The molecule has 0 aromatic carbocycles. The quantitative estimate of drug-likeness (QED) is 0.752. The van der Waals surface area contributed by atoms with E-state index in [-0.39, 0.29) is 5.38 Å². The van der Waals surface area contributed by atoms with Gasteiger partial charge in [-0.25, -0.2) is 4.98 Å². The highest BCUT2D eigenvalue weighted by Crippen LogP contribution is 2.29. The van der Waals surface area contributed by atoms with E-state index in [9.17, 15) is 0 Å². The lowest BCUT2D eigenvalue weighted by Crippen LogP contribution is -2.41. The average molecular weight is 259 g/mol. The predicted octanol–water partition coefficient (Wildman–Crippen LogP) is 3.72. The highest BCUT2D eigenvalue weighted by Gasteiger charge is 2.27. The molecule has 1 aliphatic rings. The number of pyridine rings is 1. The third-order valence-electron chi connectivity index (χ3n) is 3.22. The highest BCUT2D eigenvalue weighted by atomic mass is 35.5. The number of nitrogens with zero attached hydrogens (tertiary/aromatic N) is 2. The fourth-order valence-corrected chi connectivity index (χ4v) is 2.81. The number of rotatable bonds is 2. The number of alkyl halides is 1. The Balaban J connectivity index is 2.11. The van der Waals surface area contributed by atoms with Crippen molar-refractivity contribution in [2.24, 2.45) is 0 Å². The van der Waals surface area contributed by atoms with Crippen LogP contribution in [0.25, 0.3) is 0 Å². The molecule has 0 amide bonds. The van der Waals surface area contributed by atoms with Crippen molar-refractivity contribution in [2.75, 3.05) is 11.9 Å². The number of anilines is 1. The molecule has 0 radical (unpaired) electrons. The molecule has 2 rings (SSSR count). The van der Waals surface area contributed by atoms with Gasteiger partial charge in [0.2, 0.25) is 0 Å². The van der Waals surface area contributed by atoms with Gasteiger partial charge < -0.3 is 4.90 Å². The summed E-state index contributed by atoms with van der Waals surface area (Å²) in [6.45, 7) is 0. The molecular weight excluding hydrogens is 243 g/mol. The summed E-state index contributed by atoms with van der Waals surface area (Å²) >= 11 is 12.2. The zero-order valence-electron chi connectivity index (χ0n) is 9.37. The van der Waals surface area contributed by atoms with Crippen LogP contribution in [-0.4, -0.2) is 23.5 Å². The van der Waals surface area contributed by atoms with Gasteiger partial charge in [0, 0.05) is 19.3 Å². The standard InChI is InChI=1S/C12H16Cl2N2/c1-16(11-5-3-2-4-10(11)14)12-7-6-9(13)8-15-12/h6-8,10-11H,2-5H2,1H3. The maximum Gasteiger partial charge on any atom is 0.128 e. The summed E-state index contributed by atoms with van der Waals surface area (Å²) in [6.07, 6.45) is 6.43. The summed E-state index contributed by atoms with van der Waals surface area (Å²) in [4.78, 5) is 6.50. The van der Waals surface area contributed by atoms with Crippen molar-refractivity contribution in [3.63, 3.8) is 0 Å². The van der Waals surface area contributed by atoms with Gasteiger partial charge in [-0.3, -0.25) is 0 Å². The Morgan fingerprint density at radius 2 is 2.06 bits per heavy atom. The van der Waals surface area contributed by atoms with Crippen LogP contribution >= 0.6 is 23.2 Å². The van der Waals surface area contributed by atoms with E-state index < -0.39 is 0 Å².